The molecule has 1 N–H and O–H groups in total. The maximum Gasteiger partial charge on any atom is 0.271 e. The molecule has 0 bridgehead atoms. The molecule has 0 saturated heterocycles. The van der Waals surface area contributed by atoms with Crippen molar-refractivity contribution in [2.45, 2.75) is 30.8 Å². The Bertz CT molecular complexity index is 1120. The first-order chi connectivity index (χ1) is 14.8. The van der Waals surface area contributed by atoms with Crippen LogP contribution >= 0.6 is 23.4 Å². The highest BCUT2D eigenvalue weighted by Crippen LogP contribution is 2.33. The fourth-order valence-corrected chi connectivity index (χ4v) is 3.99. The average molecular weight is 462 g/mol. The summed E-state index contributed by atoms with van der Waals surface area (Å²) in [7, 11) is 1.59. The molecule has 11 heteroatoms. The van der Waals surface area contributed by atoms with Crippen LogP contribution in [0.5, 0.6) is 5.75 Å². The van der Waals surface area contributed by atoms with Crippen LogP contribution in [0.4, 0.5) is 11.4 Å². The summed E-state index contributed by atoms with van der Waals surface area (Å²) in [4.78, 5) is 23.0. The molecule has 3 aromatic rings. The molecule has 1 amide bonds. The summed E-state index contributed by atoms with van der Waals surface area (Å²) < 4.78 is 7.33. The number of carbonyl (C=O) groups excluding carboxylic acids is 1. The first-order valence-corrected chi connectivity index (χ1v) is 10.6. The minimum atomic E-state index is -0.549. The van der Waals surface area contributed by atoms with E-state index in [4.69, 9.17) is 16.3 Å². The number of rotatable bonds is 8. The van der Waals surface area contributed by atoms with Gasteiger partial charge in [0.2, 0.25) is 5.91 Å². The highest BCUT2D eigenvalue weighted by Gasteiger charge is 2.22. The predicted octanol–water partition coefficient (Wildman–Crippen LogP) is 4.65. The minimum absolute atomic E-state index is 0.0925. The molecule has 3 rings (SSSR count). The number of amides is 1. The van der Waals surface area contributed by atoms with E-state index in [1.165, 1.54) is 30.0 Å². The van der Waals surface area contributed by atoms with Crippen molar-refractivity contribution in [1.82, 2.24) is 14.8 Å². The number of nitrogens with zero attached hydrogens (tertiary/aromatic N) is 4. The van der Waals surface area contributed by atoms with Gasteiger partial charge in [-0.2, -0.15) is 0 Å². The number of hydrogen-bond acceptors (Lipinski definition) is 7. The van der Waals surface area contributed by atoms with Crippen LogP contribution in [-0.2, 0) is 11.3 Å². The number of anilines is 1. The molecule has 1 heterocycles. The lowest BCUT2D eigenvalue weighted by Crippen LogP contribution is -2.23. The Kier molecular flexibility index (Phi) is 7.13. The summed E-state index contributed by atoms with van der Waals surface area (Å²) in [5.74, 6) is 1.01. The molecule has 1 aromatic heterocycles. The van der Waals surface area contributed by atoms with Gasteiger partial charge in [0, 0.05) is 18.7 Å². The van der Waals surface area contributed by atoms with Crippen LogP contribution in [0.2, 0.25) is 5.02 Å². The number of aromatic nitrogens is 3. The lowest BCUT2D eigenvalue weighted by Gasteiger charge is -2.14. The second kappa shape index (κ2) is 9.80. The van der Waals surface area contributed by atoms with Gasteiger partial charge in [0.05, 0.1) is 33.6 Å². The highest BCUT2D eigenvalue weighted by atomic mass is 35.5. The number of hydrogen-bond donors (Lipinski definition) is 1. The van der Waals surface area contributed by atoms with Gasteiger partial charge in [0.25, 0.3) is 5.69 Å². The van der Waals surface area contributed by atoms with Crippen molar-refractivity contribution in [2.24, 2.45) is 0 Å². The number of para-hydroxylation sites is 1. The number of benzene rings is 2. The third-order valence-corrected chi connectivity index (χ3v) is 5.85. The minimum Gasteiger partial charge on any atom is -0.496 e. The van der Waals surface area contributed by atoms with Crippen molar-refractivity contribution in [3.63, 3.8) is 0 Å². The maximum atomic E-state index is 12.7. The summed E-state index contributed by atoms with van der Waals surface area (Å²) in [6.45, 7) is 4.30. The zero-order valence-corrected chi connectivity index (χ0v) is 18.6. The number of non-ortho nitro benzene ring substituents is 1. The van der Waals surface area contributed by atoms with Gasteiger partial charge in [0.15, 0.2) is 11.0 Å². The quantitative estimate of drug-likeness (QED) is 0.295. The predicted molar refractivity (Wildman–Crippen MR) is 120 cm³/mol. The van der Waals surface area contributed by atoms with Gasteiger partial charge in [-0.05, 0) is 32.0 Å². The summed E-state index contributed by atoms with van der Waals surface area (Å²) in [5, 5.41) is 22.2. The van der Waals surface area contributed by atoms with Crippen LogP contribution in [0.25, 0.3) is 11.4 Å². The number of thioether (sulfide) groups is 1. The second-order valence-corrected chi connectivity index (χ2v) is 8.14. The average Bonchev–Trinajstić information content (AvgIpc) is 3.16. The van der Waals surface area contributed by atoms with Gasteiger partial charge in [0.1, 0.15) is 5.75 Å². The second-order valence-electron chi connectivity index (χ2n) is 6.42. The molecule has 0 aliphatic carbocycles. The molecule has 0 fully saturated rings. The highest BCUT2D eigenvalue weighted by molar-refractivity contribution is 8.00. The SMILES string of the molecule is CCn1c(SC(C)C(=O)Nc2ccc([N+](=O)[O-])cc2Cl)nnc1-c1ccccc1OC. The number of nitro groups is 1. The molecular weight excluding hydrogens is 442 g/mol. The van der Waals surface area contributed by atoms with Gasteiger partial charge >= 0.3 is 0 Å². The number of carbonyl (C=O) groups is 1. The van der Waals surface area contributed by atoms with Crippen molar-refractivity contribution in [2.75, 3.05) is 12.4 Å². The largest absolute Gasteiger partial charge is 0.496 e. The Hall–Kier alpha value is -3.11. The third-order valence-electron chi connectivity index (χ3n) is 4.45. The lowest BCUT2D eigenvalue weighted by atomic mass is 10.2. The van der Waals surface area contributed by atoms with Gasteiger partial charge in [-0.15, -0.1) is 10.2 Å². The van der Waals surface area contributed by atoms with E-state index in [1.54, 1.807) is 14.0 Å². The van der Waals surface area contributed by atoms with E-state index in [-0.39, 0.29) is 16.6 Å². The van der Waals surface area contributed by atoms with Crippen LogP contribution in [0.1, 0.15) is 13.8 Å². The molecular formula is C20H20ClN5O4S. The number of halogens is 1. The molecule has 0 saturated carbocycles. The van der Waals surface area contributed by atoms with Crippen molar-refractivity contribution < 1.29 is 14.5 Å². The van der Waals surface area contributed by atoms with E-state index in [1.807, 2.05) is 35.8 Å². The normalized spacial score (nSPS) is 11.7. The fraction of sp³-hybridized carbons (Fsp3) is 0.250. The van der Waals surface area contributed by atoms with Crippen molar-refractivity contribution in [3.05, 3.63) is 57.6 Å². The summed E-state index contributed by atoms with van der Waals surface area (Å²) in [6, 6.07) is 11.4. The van der Waals surface area contributed by atoms with Crippen molar-refractivity contribution >= 4 is 40.6 Å². The van der Waals surface area contributed by atoms with E-state index < -0.39 is 10.2 Å². The van der Waals surface area contributed by atoms with Crippen molar-refractivity contribution in [1.29, 1.82) is 0 Å². The van der Waals surface area contributed by atoms with Gasteiger partial charge in [-0.1, -0.05) is 35.5 Å². The first-order valence-electron chi connectivity index (χ1n) is 9.33. The topological polar surface area (TPSA) is 112 Å². The zero-order chi connectivity index (χ0) is 22.5. The molecule has 2 aromatic carbocycles. The van der Waals surface area contributed by atoms with Crippen molar-refractivity contribution in [3.8, 4) is 17.1 Å². The van der Waals surface area contributed by atoms with Gasteiger partial charge in [-0.3, -0.25) is 14.9 Å². The molecule has 31 heavy (non-hydrogen) atoms. The smallest absolute Gasteiger partial charge is 0.271 e. The van der Waals surface area contributed by atoms with Crippen LogP contribution in [0.15, 0.2) is 47.6 Å². The number of nitro benzene ring substituents is 1. The zero-order valence-electron chi connectivity index (χ0n) is 17.0. The Morgan fingerprint density at radius 1 is 1.32 bits per heavy atom. The molecule has 162 valence electrons. The van der Waals surface area contributed by atoms with E-state index in [0.717, 1.165) is 5.56 Å². The monoisotopic (exact) mass is 461 g/mol. The number of methoxy groups -OCH3 is 1. The Morgan fingerprint density at radius 2 is 2.06 bits per heavy atom. The van der Waals surface area contributed by atoms with Crippen LogP contribution in [-0.4, -0.2) is 38.0 Å². The molecule has 1 unspecified atom stereocenters. The maximum absolute atomic E-state index is 12.7. The van der Waals surface area contributed by atoms with Gasteiger partial charge < -0.3 is 14.6 Å². The number of nitrogens with one attached hydrogen (secondary N) is 1. The van der Waals surface area contributed by atoms with E-state index in [0.29, 0.717) is 29.0 Å². The molecule has 0 spiro atoms. The first kappa shape index (κ1) is 22.6. The molecule has 1 atom stereocenters. The van der Waals surface area contributed by atoms with Crippen LogP contribution in [0.3, 0.4) is 0 Å². The van der Waals surface area contributed by atoms with E-state index >= 15 is 0 Å². The summed E-state index contributed by atoms with van der Waals surface area (Å²) >= 11 is 7.32. The van der Waals surface area contributed by atoms with E-state index in [2.05, 4.69) is 15.5 Å². The standard InChI is InChI=1S/C20H20ClN5O4S/c1-4-25-18(14-7-5-6-8-17(14)30-3)23-24-20(25)31-12(2)19(27)22-16-10-9-13(26(28)29)11-15(16)21/h5-12H,4H2,1-3H3,(H,22,27). The number of ether oxygens (including phenoxy) is 1. The summed E-state index contributed by atoms with van der Waals surface area (Å²) in [6.07, 6.45) is 0. The van der Waals surface area contributed by atoms with Gasteiger partial charge in [-0.25, -0.2) is 0 Å². The Labute approximate surface area is 187 Å². The van der Waals surface area contributed by atoms with E-state index in [9.17, 15) is 14.9 Å². The van der Waals surface area contributed by atoms with Crippen LogP contribution < -0.4 is 10.1 Å². The molecule has 0 aliphatic heterocycles. The Morgan fingerprint density at radius 3 is 2.71 bits per heavy atom. The summed E-state index contributed by atoms with van der Waals surface area (Å²) in [5.41, 5.74) is 0.961. The molecule has 0 radical (unpaired) electrons. The lowest BCUT2D eigenvalue weighted by molar-refractivity contribution is -0.384. The molecule has 0 aliphatic rings. The van der Waals surface area contributed by atoms with Crippen LogP contribution in [0, 0.1) is 10.1 Å². The Balaban J connectivity index is 1.77. The third kappa shape index (κ3) is 4.97. The fourth-order valence-electron chi connectivity index (χ4n) is 2.85. The molecule has 9 nitrogen and oxygen atoms in total.